The average Bonchev–Trinajstić information content (AvgIpc) is 3.07. The summed E-state index contributed by atoms with van der Waals surface area (Å²) in [5.41, 5.74) is 2.76. The monoisotopic (exact) mass is 610 g/mol. The maximum atomic E-state index is 13.6. The molecule has 0 saturated heterocycles. The molecule has 238 valence electrons. The topological polar surface area (TPSA) is 95.9 Å². The van der Waals surface area contributed by atoms with Gasteiger partial charge < -0.3 is 20.1 Å². The lowest BCUT2D eigenvalue weighted by atomic mass is 9.94. The molecule has 0 fully saturated rings. The third kappa shape index (κ3) is 12.2. The van der Waals surface area contributed by atoms with Crippen LogP contribution in [0.1, 0.15) is 54.9 Å². The number of amides is 2. The molecule has 7 nitrogen and oxygen atoms in total. The van der Waals surface area contributed by atoms with E-state index in [1.54, 1.807) is 11.0 Å². The smallest absolute Gasteiger partial charge is 0.309 e. The normalized spacial score (nSPS) is 12.7. The molecule has 0 saturated carbocycles. The molecule has 0 heterocycles. The molecule has 3 atom stereocenters. The van der Waals surface area contributed by atoms with E-state index in [1.807, 2.05) is 97.1 Å². The molecule has 3 aromatic carbocycles. The maximum Gasteiger partial charge on any atom is 0.309 e. The van der Waals surface area contributed by atoms with E-state index in [0.29, 0.717) is 25.8 Å². The lowest BCUT2D eigenvalue weighted by molar-refractivity contribution is -0.155. The van der Waals surface area contributed by atoms with Gasteiger partial charge in [0.15, 0.2) is 0 Å². The van der Waals surface area contributed by atoms with Gasteiger partial charge in [0, 0.05) is 19.5 Å². The molecule has 2 N–H and O–H groups in total. The molecule has 0 aliphatic rings. The van der Waals surface area contributed by atoms with Crippen LogP contribution in [0.15, 0.2) is 116 Å². The number of nitrogens with one attached hydrogen (secondary N) is 1. The number of benzene rings is 3. The van der Waals surface area contributed by atoms with Crippen LogP contribution in [0.2, 0.25) is 0 Å². The Kier molecular flexibility index (Phi) is 15.3. The zero-order valence-corrected chi connectivity index (χ0v) is 26.1. The van der Waals surface area contributed by atoms with Gasteiger partial charge in [0.2, 0.25) is 11.8 Å². The fraction of sp³-hybridized carbons (Fsp3) is 0.342. The fourth-order valence-electron chi connectivity index (χ4n) is 5.22. The van der Waals surface area contributed by atoms with Crippen LogP contribution < -0.4 is 5.32 Å². The van der Waals surface area contributed by atoms with Crippen molar-refractivity contribution < 1.29 is 24.2 Å². The minimum atomic E-state index is -0.704. The standard InChI is InChI=1S/C38H46N2O5/c1-3-5-9-23-34(26-30-17-10-6-11-18-30)38(44)45-35(32-21-14-8-15-22-32)28-39-37(43)33(16-4-2)27-36(42)40(24-25-41)29-31-19-12-7-13-20-31/h3-4,6-8,10-15,17-22,33-35,41H,1-2,5,9,16,23-29H2,(H,39,43). The Labute approximate surface area is 267 Å². The number of allylic oxidation sites excluding steroid dienone is 2. The van der Waals surface area contributed by atoms with Gasteiger partial charge in [0.1, 0.15) is 6.10 Å². The zero-order chi connectivity index (χ0) is 32.3. The van der Waals surface area contributed by atoms with Crippen LogP contribution in [0, 0.1) is 11.8 Å². The molecule has 0 spiro atoms. The number of esters is 1. The van der Waals surface area contributed by atoms with Crippen molar-refractivity contribution >= 4 is 17.8 Å². The summed E-state index contributed by atoms with van der Waals surface area (Å²) in [5.74, 6) is -1.88. The summed E-state index contributed by atoms with van der Waals surface area (Å²) >= 11 is 0. The van der Waals surface area contributed by atoms with Crippen molar-refractivity contribution in [2.75, 3.05) is 19.7 Å². The van der Waals surface area contributed by atoms with Crippen molar-refractivity contribution in [3.8, 4) is 0 Å². The van der Waals surface area contributed by atoms with Gasteiger partial charge in [-0.25, -0.2) is 0 Å². The molecule has 2 amide bonds. The molecule has 45 heavy (non-hydrogen) atoms. The number of carbonyl (C=O) groups is 3. The Morgan fingerprint density at radius 1 is 0.844 bits per heavy atom. The Hall–Kier alpha value is -4.49. The quantitative estimate of drug-likeness (QED) is 0.0902. The minimum Gasteiger partial charge on any atom is -0.455 e. The van der Waals surface area contributed by atoms with E-state index in [2.05, 4.69) is 18.5 Å². The number of unbranched alkanes of at least 4 members (excludes halogenated alkanes) is 1. The Morgan fingerprint density at radius 2 is 1.47 bits per heavy atom. The van der Waals surface area contributed by atoms with Crippen molar-refractivity contribution in [3.63, 3.8) is 0 Å². The van der Waals surface area contributed by atoms with Crippen molar-refractivity contribution in [1.29, 1.82) is 0 Å². The number of carbonyl (C=O) groups excluding carboxylic acids is 3. The lowest BCUT2D eigenvalue weighted by Crippen LogP contribution is -2.39. The number of aliphatic hydroxyl groups is 1. The second-order valence-electron chi connectivity index (χ2n) is 11.1. The van der Waals surface area contributed by atoms with Crippen LogP contribution >= 0.6 is 0 Å². The van der Waals surface area contributed by atoms with Crippen LogP contribution in [-0.4, -0.2) is 47.5 Å². The fourth-order valence-corrected chi connectivity index (χ4v) is 5.22. The first-order valence-corrected chi connectivity index (χ1v) is 15.7. The highest BCUT2D eigenvalue weighted by atomic mass is 16.5. The third-order valence-corrected chi connectivity index (χ3v) is 7.69. The molecule has 0 aliphatic carbocycles. The first-order chi connectivity index (χ1) is 21.9. The van der Waals surface area contributed by atoms with E-state index < -0.39 is 12.0 Å². The molecule has 0 aromatic heterocycles. The summed E-state index contributed by atoms with van der Waals surface area (Å²) < 4.78 is 6.11. The van der Waals surface area contributed by atoms with E-state index >= 15 is 0 Å². The third-order valence-electron chi connectivity index (χ3n) is 7.69. The molecule has 3 unspecified atom stereocenters. The van der Waals surface area contributed by atoms with Crippen LogP contribution in [-0.2, 0) is 32.1 Å². The van der Waals surface area contributed by atoms with Crippen LogP contribution in [0.3, 0.4) is 0 Å². The number of ether oxygens (including phenoxy) is 1. The second-order valence-corrected chi connectivity index (χ2v) is 11.1. The Morgan fingerprint density at radius 3 is 2.07 bits per heavy atom. The second kappa shape index (κ2) is 19.7. The Balaban J connectivity index is 1.70. The molecule has 0 bridgehead atoms. The van der Waals surface area contributed by atoms with Crippen molar-refractivity contribution in [2.45, 2.75) is 51.2 Å². The SMILES string of the molecule is C=CCCCC(Cc1ccccc1)C(=O)OC(CNC(=O)C(CC=C)CC(=O)N(CCO)Cc1ccccc1)c1ccccc1. The van der Waals surface area contributed by atoms with E-state index in [4.69, 9.17) is 4.74 Å². The molecule has 0 radical (unpaired) electrons. The first kappa shape index (κ1) is 35.0. The molecule has 3 aromatic rings. The summed E-state index contributed by atoms with van der Waals surface area (Å²) in [5, 5.41) is 12.5. The van der Waals surface area contributed by atoms with Crippen molar-refractivity contribution in [2.24, 2.45) is 11.8 Å². The summed E-state index contributed by atoms with van der Waals surface area (Å²) in [6.07, 6.45) is 5.87. The lowest BCUT2D eigenvalue weighted by Gasteiger charge is -2.26. The molecule has 7 heteroatoms. The highest BCUT2D eigenvalue weighted by Gasteiger charge is 2.28. The summed E-state index contributed by atoms with van der Waals surface area (Å²) in [7, 11) is 0. The van der Waals surface area contributed by atoms with Gasteiger partial charge in [-0.2, -0.15) is 0 Å². The van der Waals surface area contributed by atoms with Gasteiger partial charge in [0.25, 0.3) is 0 Å². The maximum absolute atomic E-state index is 13.6. The predicted molar refractivity (Wildman–Crippen MR) is 178 cm³/mol. The first-order valence-electron chi connectivity index (χ1n) is 15.7. The van der Waals surface area contributed by atoms with Crippen molar-refractivity contribution in [1.82, 2.24) is 10.2 Å². The van der Waals surface area contributed by atoms with Crippen LogP contribution in [0.5, 0.6) is 0 Å². The average molecular weight is 611 g/mol. The molecule has 0 aliphatic heterocycles. The summed E-state index contributed by atoms with van der Waals surface area (Å²) in [6.45, 7) is 7.97. The number of nitrogens with zero attached hydrogens (tertiary/aromatic N) is 1. The van der Waals surface area contributed by atoms with E-state index in [0.717, 1.165) is 29.5 Å². The van der Waals surface area contributed by atoms with E-state index in [9.17, 15) is 19.5 Å². The number of aliphatic hydroxyl groups excluding tert-OH is 1. The van der Waals surface area contributed by atoms with Gasteiger partial charge >= 0.3 is 5.97 Å². The summed E-state index contributed by atoms with van der Waals surface area (Å²) in [6, 6.07) is 28.8. The molecular weight excluding hydrogens is 564 g/mol. The van der Waals surface area contributed by atoms with Gasteiger partial charge in [-0.05, 0) is 48.8 Å². The van der Waals surface area contributed by atoms with Crippen LogP contribution in [0.25, 0.3) is 0 Å². The number of rotatable bonds is 20. The molecule has 3 rings (SSSR count). The van der Waals surface area contributed by atoms with Crippen LogP contribution in [0.4, 0.5) is 0 Å². The van der Waals surface area contributed by atoms with Gasteiger partial charge in [-0.3, -0.25) is 14.4 Å². The zero-order valence-electron chi connectivity index (χ0n) is 26.1. The van der Waals surface area contributed by atoms with Gasteiger partial charge in [-0.15, -0.1) is 13.2 Å². The molecular formula is C38H46N2O5. The highest BCUT2D eigenvalue weighted by molar-refractivity contribution is 5.86. The number of hydrogen-bond donors (Lipinski definition) is 2. The minimum absolute atomic E-state index is 0.0388. The predicted octanol–water partition coefficient (Wildman–Crippen LogP) is 6.21. The van der Waals surface area contributed by atoms with E-state index in [1.165, 1.54) is 0 Å². The van der Waals surface area contributed by atoms with Gasteiger partial charge in [-0.1, -0.05) is 103 Å². The van der Waals surface area contributed by atoms with Gasteiger partial charge in [0.05, 0.1) is 25.0 Å². The Bertz CT molecular complexity index is 1330. The largest absolute Gasteiger partial charge is 0.455 e. The van der Waals surface area contributed by atoms with E-state index in [-0.39, 0.29) is 49.8 Å². The summed E-state index contributed by atoms with van der Waals surface area (Å²) in [4.78, 5) is 41.9. The number of hydrogen-bond acceptors (Lipinski definition) is 5. The highest BCUT2D eigenvalue weighted by Crippen LogP contribution is 2.24. The van der Waals surface area contributed by atoms with Crippen molar-refractivity contribution in [3.05, 3.63) is 133 Å².